The molecule has 5 heterocycles. The van der Waals surface area contributed by atoms with E-state index in [4.69, 9.17) is 14.2 Å². The topological polar surface area (TPSA) is 234 Å². The molecule has 0 bridgehead atoms. The van der Waals surface area contributed by atoms with Gasteiger partial charge in [0, 0.05) is 61.5 Å². The molecule has 2 fully saturated rings. The Hall–Kier alpha value is -6.76. The highest BCUT2D eigenvalue weighted by Crippen LogP contribution is 2.32. The maximum Gasteiger partial charge on any atom is 0.301 e. The second kappa shape index (κ2) is 23.4. The van der Waals surface area contributed by atoms with Crippen molar-refractivity contribution in [2.75, 3.05) is 57.4 Å². The minimum atomic E-state index is -4.39. The first-order chi connectivity index (χ1) is 35.8. The Morgan fingerprint density at radius 2 is 1.65 bits per heavy atom. The number of aliphatic hydroxyl groups is 1. The number of rotatable bonds is 21. The Balaban J connectivity index is 0.767. The van der Waals surface area contributed by atoms with E-state index >= 15 is 8.78 Å². The summed E-state index contributed by atoms with van der Waals surface area (Å²) >= 11 is 1.55. The SMILES string of the molecule is Cc1ncsc1-c1ccc(CNC(=O)[C@H]2C[C@H](O)CN2C(=O)[C@@H](NC(=O)COCCOCCOc2ccc(-c3cnc4[nH]cc(C(=O)c5c(F)ccc(NS(=O)(=O)N6CC[C@@H](F)C6)c5F)c4c3)cc2)C(C)(C)C)cc1. The predicted octanol–water partition coefficient (Wildman–Crippen LogP) is 6.09. The molecule has 3 aromatic carbocycles. The Bertz CT molecular complexity index is 3150. The van der Waals surface area contributed by atoms with Gasteiger partial charge in [-0.1, -0.05) is 57.2 Å². The molecule has 0 radical (unpaired) electrons. The summed E-state index contributed by atoms with van der Waals surface area (Å²) in [5.74, 6) is -4.62. The second-order valence-corrected chi connectivity index (χ2v) is 21.8. The first-order valence-corrected chi connectivity index (χ1v) is 26.4. The van der Waals surface area contributed by atoms with Gasteiger partial charge in [-0.2, -0.15) is 12.7 Å². The van der Waals surface area contributed by atoms with Crippen LogP contribution in [0.4, 0.5) is 18.9 Å². The molecule has 3 aromatic heterocycles. The smallest absolute Gasteiger partial charge is 0.301 e. The summed E-state index contributed by atoms with van der Waals surface area (Å²) in [6.45, 7) is 7.18. The van der Waals surface area contributed by atoms with E-state index in [9.17, 15) is 37.1 Å². The zero-order chi connectivity index (χ0) is 53.6. The number of likely N-dealkylation sites (tertiary alicyclic amines) is 1. The Morgan fingerprint density at radius 1 is 0.933 bits per heavy atom. The number of nitrogens with one attached hydrogen (secondary N) is 4. The van der Waals surface area contributed by atoms with Crippen LogP contribution in [0, 0.1) is 24.0 Å². The molecule has 0 saturated carbocycles. The molecule has 3 amide bonds. The molecule has 18 nitrogen and oxygen atoms in total. The number of halogens is 3. The number of ketones is 1. The Labute approximate surface area is 435 Å². The van der Waals surface area contributed by atoms with E-state index in [-0.39, 0.29) is 82.1 Å². The highest BCUT2D eigenvalue weighted by Gasteiger charge is 2.44. The maximum atomic E-state index is 15.7. The van der Waals surface area contributed by atoms with Crippen LogP contribution in [0.3, 0.4) is 0 Å². The number of aromatic amines is 1. The van der Waals surface area contributed by atoms with Crippen molar-refractivity contribution in [1.82, 2.24) is 34.8 Å². The molecule has 8 rings (SSSR count). The van der Waals surface area contributed by atoms with Gasteiger partial charge in [-0.05, 0) is 65.8 Å². The first-order valence-electron chi connectivity index (χ1n) is 24.1. The third kappa shape index (κ3) is 13.0. The lowest BCUT2D eigenvalue weighted by molar-refractivity contribution is -0.144. The van der Waals surface area contributed by atoms with Gasteiger partial charge in [-0.25, -0.2) is 23.1 Å². The molecule has 0 aliphatic carbocycles. The molecule has 2 aliphatic heterocycles. The number of hydrogen-bond acceptors (Lipinski definition) is 13. The van der Waals surface area contributed by atoms with Gasteiger partial charge in [0.2, 0.25) is 23.5 Å². The third-order valence-corrected chi connectivity index (χ3v) is 15.2. The normalized spacial score (nSPS) is 17.5. The van der Waals surface area contributed by atoms with Crippen molar-refractivity contribution < 1.29 is 60.1 Å². The number of amides is 3. The molecule has 5 N–H and O–H groups in total. The van der Waals surface area contributed by atoms with Crippen LogP contribution in [0.1, 0.15) is 60.8 Å². The minimum absolute atomic E-state index is 0.0199. The van der Waals surface area contributed by atoms with Gasteiger partial charge in [0.05, 0.1) is 53.3 Å². The molecule has 6 aromatic rings. The fraction of sp³-hybridized carbons (Fsp3) is 0.385. The number of aryl methyl sites for hydroxylation is 1. The summed E-state index contributed by atoms with van der Waals surface area (Å²) < 4.78 is 89.9. The Kier molecular flexibility index (Phi) is 17.0. The number of aromatic nitrogens is 3. The summed E-state index contributed by atoms with van der Waals surface area (Å²) in [6, 6.07) is 16.0. The molecule has 0 spiro atoms. The number of β-amino-alcohol motifs (C(OH)–C–C–N with tert-alkyl or cyclic N) is 1. The summed E-state index contributed by atoms with van der Waals surface area (Å²) in [6.07, 6.45) is 0.565. The van der Waals surface area contributed by atoms with Crippen LogP contribution >= 0.6 is 11.3 Å². The van der Waals surface area contributed by atoms with Gasteiger partial charge in [0.1, 0.15) is 48.7 Å². The summed E-state index contributed by atoms with van der Waals surface area (Å²) in [7, 11) is -4.39. The fourth-order valence-electron chi connectivity index (χ4n) is 8.76. The van der Waals surface area contributed by atoms with Gasteiger partial charge >= 0.3 is 10.2 Å². The standard InChI is InChI=1S/C52H57F3N8O10S2/c1-30-47(74-29-59-30)33-7-5-31(6-8-33)23-58-50(67)42-22-36(64)27-63(42)51(68)48(52(2,3)4)60-43(65)28-72-18-17-71-19-20-73-37-11-9-32(10-12-37)34-21-38-39(25-57-49(38)56-24-34)46(66)44-40(54)13-14-41(45(44)55)61-75(69,70)62-16-15-35(53)26-62/h5-14,21,24-25,29,35-36,42,48,61,64H,15-20,22-23,26-28H2,1-4H3,(H,56,57)(H,58,67)(H,60,65)/t35-,36+,42-,48-/m1/s1. The van der Waals surface area contributed by atoms with Crippen molar-refractivity contribution in [3.8, 4) is 27.3 Å². The van der Waals surface area contributed by atoms with Gasteiger partial charge in [-0.15, -0.1) is 11.3 Å². The van der Waals surface area contributed by atoms with Crippen LogP contribution in [-0.2, 0) is 40.6 Å². The van der Waals surface area contributed by atoms with Crippen molar-refractivity contribution >= 4 is 61.8 Å². The Morgan fingerprint density at radius 3 is 2.35 bits per heavy atom. The molecule has 2 saturated heterocycles. The fourth-order valence-corrected chi connectivity index (χ4v) is 10.8. The number of benzene rings is 3. The number of ether oxygens (including phenoxy) is 3. The average molecular weight is 1080 g/mol. The van der Waals surface area contributed by atoms with Gasteiger partial charge in [0.25, 0.3) is 0 Å². The molecular formula is C52H57F3N8O10S2. The van der Waals surface area contributed by atoms with E-state index in [1.54, 1.807) is 74.1 Å². The first kappa shape index (κ1) is 54.5. The van der Waals surface area contributed by atoms with Crippen LogP contribution in [-0.4, -0.2) is 138 Å². The predicted molar refractivity (Wildman–Crippen MR) is 274 cm³/mol. The largest absolute Gasteiger partial charge is 0.491 e. The number of carbonyl (C=O) groups excluding carboxylic acids is 4. The van der Waals surface area contributed by atoms with E-state index in [2.05, 4.69) is 25.6 Å². The van der Waals surface area contributed by atoms with E-state index in [0.717, 1.165) is 38.1 Å². The van der Waals surface area contributed by atoms with E-state index < -0.39 is 92.9 Å². The van der Waals surface area contributed by atoms with Crippen molar-refractivity contribution in [2.45, 2.75) is 71.4 Å². The van der Waals surface area contributed by atoms with Crippen molar-refractivity contribution in [1.29, 1.82) is 0 Å². The van der Waals surface area contributed by atoms with E-state index in [0.29, 0.717) is 16.9 Å². The maximum absolute atomic E-state index is 15.7. The molecule has 4 atom stereocenters. The lowest BCUT2D eigenvalue weighted by Crippen LogP contribution is -2.58. The number of fused-ring (bicyclic) bond motifs is 1. The molecular weight excluding hydrogens is 1020 g/mol. The van der Waals surface area contributed by atoms with Gasteiger partial charge < -0.3 is 39.8 Å². The van der Waals surface area contributed by atoms with E-state index in [1.807, 2.05) is 35.9 Å². The van der Waals surface area contributed by atoms with Crippen molar-refractivity contribution in [3.05, 3.63) is 119 Å². The highest BCUT2D eigenvalue weighted by molar-refractivity contribution is 7.90. The zero-order valence-corrected chi connectivity index (χ0v) is 43.2. The van der Waals surface area contributed by atoms with Crippen LogP contribution in [0.15, 0.2) is 84.6 Å². The van der Waals surface area contributed by atoms with Gasteiger partial charge in [-0.3, -0.25) is 23.9 Å². The third-order valence-electron chi connectivity index (χ3n) is 12.8. The minimum Gasteiger partial charge on any atom is -0.491 e. The molecule has 75 heavy (non-hydrogen) atoms. The summed E-state index contributed by atoms with van der Waals surface area (Å²) in [4.78, 5) is 68.1. The number of nitrogens with zero attached hydrogens (tertiary/aromatic N) is 4. The van der Waals surface area contributed by atoms with Gasteiger partial charge in [0.15, 0.2) is 5.82 Å². The zero-order valence-electron chi connectivity index (χ0n) is 41.5. The molecule has 23 heteroatoms. The van der Waals surface area contributed by atoms with Crippen LogP contribution in [0.25, 0.3) is 32.6 Å². The number of alkyl halides is 1. The van der Waals surface area contributed by atoms with Crippen LogP contribution in [0.5, 0.6) is 5.75 Å². The molecule has 0 unspecified atom stereocenters. The second-order valence-electron chi connectivity index (χ2n) is 19.3. The number of anilines is 1. The van der Waals surface area contributed by atoms with Crippen molar-refractivity contribution in [2.24, 2.45) is 5.41 Å². The van der Waals surface area contributed by atoms with Crippen molar-refractivity contribution in [3.63, 3.8) is 0 Å². The average Bonchev–Trinajstić information content (AvgIpc) is 4.21. The lowest BCUT2D eigenvalue weighted by Gasteiger charge is -2.35. The highest BCUT2D eigenvalue weighted by atomic mass is 32.2. The molecule has 2 aliphatic rings. The number of pyridine rings is 1. The lowest BCUT2D eigenvalue weighted by atomic mass is 9.85. The van der Waals surface area contributed by atoms with Crippen LogP contribution in [0.2, 0.25) is 0 Å². The summed E-state index contributed by atoms with van der Waals surface area (Å²) in [5.41, 5.74) is 3.62. The quantitative estimate of drug-likeness (QED) is 0.0407. The summed E-state index contributed by atoms with van der Waals surface area (Å²) in [5, 5.41) is 16.5. The van der Waals surface area contributed by atoms with E-state index in [1.165, 1.54) is 11.1 Å². The van der Waals surface area contributed by atoms with Crippen LogP contribution < -0.4 is 20.1 Å². The number of carbonyl (C=O) groups is 4. The number of H-pyrrole nitrogens is 1. The molecule has 398 valence electrons. The number of hydrogen-bond donors (Lipinski definition) is 5. The number of thiazole rings is 1. The monoisotopic (exact) mass is 1070 g/mol. The number of aliphatic hydroxyl groups excluding tert-OH is 1.